The first-order valence-corrected chi connectivity index (χ1v) is 5.03. The first-order chi connectivity index (χ1) is 7.92. The number of hydrogen-bond acceptors (Lipinski definition) is 3. The van der Waals surface area contributed by atoms with Crippen LogP contribution in [-0.4, -0.2) is 24.2 Å². The Bertz CT molecular complexity index is 452. The minimum Gasteiger partial charge on any atom is -0.464 e. The van der Waals surface area contributed by atoms with Gasteiger partial charge in [-0.3, -0.25) is 0 Å². The molecule has 0 saturated heterocycles. The van der Waals surface area contributed by atoms with E-state index in [4.69, 9.17) is 0 Å². The summed E-state index contributed by atoms with van der Waals surface area (Å²) in [7, 11) is 1.12. The second-order valence-corrected chi connectivity index (χ2v) is 3.97. The second kappa shape index (κ2) is 3.72. The molecule has 1 heterocycles. The summed E-state index contributed by atoms with van der Waals surface area (Å²) in [6.45, 7) is 0. The van der Waals surface area contributed by atoms with Crippen LogP contribution in [0.15, 0.2) is 18.3 Å². The maximum atomic E-state index is 12.9. The van der Waals surface area contributed by atoms with Crippen LogP contribution in [0.2, 0.25) is 0 Å². The topological polar surface area (TPSA) is 39.2 Å². The van der Waals surface area contributed by atoms with Crippen molar-refractivity contribution < 1.29 is 22.7 Å². The van der Waals surface area contributed by atoms with Crippen LogP contribution in [0.3, 0.4) is 0 Å². The van der Waals surface area contributed by atoms with E-state index in [-0.39, 0.29) is 24.1 Å². The number of halogens is 3. The van der Waals surface area contributed by atoms with Crippen molar-refractivity contribution in [2.75, 3.05) is 7.11 Å². The average molecular weight is 245 g/mol. The van der Waals surface area contributed by atoms with Gasteiger partial charge in [-0.25, -0.2) is 9.78 Å². The van der Waals surface area contributed by atoms with E-state index in [1.807, 2.05) is 0 Å². The SMILES string of the molecule is COC(=O)c1ncccc1C1(C(F)(F)F)CC1. The van der Waals surface area contributed by atoms with Gasteiger partial charge in [-0.05, 0) is 18.9 Å². The highest BCUT2D eigenvalue weighted by Gasteiger charge is 2.65. The number of hydrogen-bond donors (Lipinski definition) is 0. The first kappa shape index (κ1) is 11.9. The Morgan fingerprint density at radius 3 is 2.59 bits per heavy atom. The number of alkyl halides is 3. The predicted molar refractivity (Wildman–Crippen MR) is 52.5 cm³/mol. The third-order valence-corrected chi connectivity index (χ3v) is 2.99. The Morgan fingerprint density at radius 1 is 1.47 bits per heavy atom. The monoisotopic (exact) mass is 245 g/mol. The van der Waals surface area contributed by atoms with E-state index in [1.165, 1.54) is 18.3 Å². The third-order valence-electron chi connectivity index (χ3n) is 2.99. The van der Waals surface area contributed by atoms with Crippen LogP contribution in [0, 0.1) is 0 Å². The first-order valence-electron chi connectivity index (χ1n) is 5.03. The lowest BCUT2D eigenvalue weighted by Gasteiger charge is -2.20. The molecule has 1 saturated carbocycles. The van der Waals surface area contributed by atoms with E-state index in [1.54, 1.807) is 0 Å². The Morgan fingerprint density at radius 2 is 2.12 bits per heavy atom. The third kappa shape index (κ3) is 1.77. The fourth-order valence-corrected chi connectivity index (χ4v) is 1.88. The molecular formula is C11H10F3NO2. The number of methoxy groups -OCH3 is 1. The maximum absolute atomic E-state index is 12.9. The van der Waals surface area contributed by atoms with Crippen molar-refractivity contribution in [2.45, 2.75) is 24.4 Å². The highest BCUT2D eigenvalue weighted by Crippen LogP contribution is 2.59. The molecule has 1 aromatic heterocycles. The molecule has 0 atom stereocenters. The number of ether oxygens (including phenoxy) is 1. The van der Waals surface area contributed by atoms with Crippen LogP contribution in [0.4, 0.5) is 13.2 Å². The number of carbonyl (C=O) groups excluding carboxylic acids is 1. The molecular weight excluding hydrogens is 235 g/mol. The summed E-state index contributed by atoms with van der Waals surface area (Å²) < 4.78 is 43.3. The molecule has 0 amide bonds. The second-order valence-electron chi connectivity index (χ2n) is 3.97. The van der Waals surface area contributed by atoms with Crippen molar-refractivity contribution >= 4 is 5.97 Å². The van der Waals surface area contributed by atoms with E-state index in [0.717, 1.165) is 7.11 Å². The van der Waals surface area contributed by atoms with Crippen molar-refractivity contribution in [2.24, 2.45) is 0 Å². The van der Waals surface area contributed by atoms with Gasteiger partial charge in [0.05, 0.1) is 12.5 Å². The van der Waals surface area contributed by atoms with Crippen LogP contribution < -0.4 is 0 Å². The standard InChI is InChI=1S/C11H10F3NO2/c1-17-9(16)8-7(3-2-6-15-8)10(4-5-10)11(12,13)14/h2-3,6H,4-5H2,1H3. The van der Waals surface area contributed by atoms with Crippen molar-refractivity contribution in [1.82, 2.24) is 4.98 Å². The summed E-state index contributed by atoms with van der Waals surface area (Å²) in [5.41, 5.74) is -2.24. The normalized spacial score (nSPS) is 17.6. The molecule has 0 bridgehead atoms. The molecule has 1 aliphatic carbocycles. The summed E-state index contributed by atoms with van der Waals surface area (Å²) >= 11 is 0. The Labute approximate surface area is 95.6 Å². The number of nitrogens with zero attached hydrogens (tertiary/aromatic N) is 1. The van der Waals surface area contributed by atoms with Crippen LogP contribution in [0.1, 0.15) is 28.9 Å². The Kier molecular flexibility index (Phi) is 2.60. The highest BCUT2D eigenvalue weighted by atomic mass is 19.4. The number of rotatable bonds is 2. The van der Waals surface area contributed by atoms with E-state index in [2.05, 4.69) is 9.72 Å². The van der Waals surface area contributed by atoms with Gasteiger partial charge in [0.15, 0.2) is 5.69 Å². The maximum Gasteiger partial charge on any atom is 0.398 e. The molecule has 1 fully saturated rings. The number of esters is 1. The van der Waals surface area contributed by atoms with Crippen molar-refractivity contribution in [3.05, 3.63) is 29.6 Å². The summed E-state index contributed by atoms with van der Waals surface area (Å²) in [6, 6.07) is 2.69. The van der Waals surface area contributed by atoms with Crippen LogP contribution in [-0.2, 0) is 10.2 Å². The van der Waals surface area contributed by atoms with Crippen LogP contribution in [0.5, 0.6) is 0 Å². The molecule has 0 aliphatic heterocycles. The lowest BCUT2D eigenvalue weighted by molar-refractivity contribution is -0.160. The zero-order valence-corrected chi connectivity index (χ0v) is 9.04. The van der Waals surface area contributed by atoms with Gasteiger partial charge in [-0.15, -0.1) is 0 Å². The van der Waals surface area contributed by atoms with Gasteiger partial charge in [0.25, 0.3) is 0 Å². The molecule has 0 aromatic carbocycles. The van der Waals surface area contributed by atoms with Gasteiger partial charge in [0, 0.05) is 11.8 Å². The van der Waals surface area contributed by atoms with E-state index in [9.17, 15) is 18.0 Å². The molecule has 0 unspecified atom stereocenters. The minimum absolute atomic E-state index is 0.00775. The summed E-state index contributed by atoms with van der Waals surface area (Å²) in [5, 5.41) is 0. The smallest absolute Gasteiger partial charge is 0.398 e. The number of pyridine rings is 1. The predicted octanol–water partition coefficient (Wildman–Crippen LogP) is 2.46. The van der Waals surface area contributed by atoms with E-state index >= 15 is 0 Å². The van der Waals surface area contributed by atoms with Crippen molar-refractivity contribution in [3.63, 3.8) is 0 Å². The average Bonchev–Trinajstić information content (AvgIpc) is 3.08. The van der Waals surface area contributed by atoms with Crippen LogP contribution >= 0.6 is 0 Å². The number of carbonyl (C=O) groups is 1. The Hall–Kier alpha value is -1.59. The molecule has 6 heteroatoms. The molecule has 0 spiro atoms. The highest BCUT2D eigenvalue weighted by molar-refractivity contribution is 5.89. The zero-order chi connectivity index (χ0) is 12.7. The van der Waals surface area contributed by atoms with Crippen molar-refractivity contribution in [3.8, 4) is 0 Å². The van der Waals surface area contributed by atoms with E-state index in [0.29, 0.717) is 0 Å². The minimum atomic E-state index is -4.36. The lowest BCUT2D eigenvalue weighted by atomic mass is 9.93. The van der Waals surface area contributed by atoms with Gasteiger partial charge in [-0.1, -0.05) is 6.07 Å². The molecule has 1 aliphatic rings. The molecule has 1 aromatic rings. The van der Waals surface area contributed by atoms with Gasteiger partial charge >= 0.3 is 12.1 Å². The quantitative estimate of drug-likeness (QED) is 0.751. The Balaban J connectivity index is 2.50. The van der Waals surface area contributed by atoms with Gasteiger partial charge in [-0.2, -0.15) is 13.2 Å². The van der Waals surface area contributed by atoms with Gasteiger partial charge < -0.3 is 4.74 Å². The molecule has 0 N–H and O–H groups in total. The number of aromatic nitrogens is 1. The molecule has 3 nitrogen and oxygen atoms in total. The fourth-order valence-electron chi connectivity index (χ4n) is 1.88. The molecule has 92 valence electrons. The largest absolute Gasteiger partial charge is 0.464 e. The fraction of sp³-hybridized carbons (Fsp3) is 0.455. The van der Waals surface area contributed by atoms with Gasteiger partial charge in [0.1, 0.15) is 0 Å². The zero-order valence-electron chi connectivity index (χ0n) is 9.04. The van der Waals surface area contributed by atoms with Crippen molar-refractivity contribution in [1.29, 1.82) is 0 Å². The van der Waals surface area contributed by atoms with Crippen LogP contribution in [0.25, 0.3) is 0 Å². The van der Waals surface area contributed by atoms with Gasteiger partial charge in [0.2, 0.25) is 0 Å². The lowest BCUT2D eigenvalue weighted by Crippen LogP contribution is -2.31. The molecule has 0 radical (unpaired) electrons. The van der Waals surface area contributed by atoms with E-state index < -0.39 is 17.6 Å². The molecule has 2 rings (SSSR count). The summed E-state index contributed by atoms with van der Waals surface area (Å²) in [5.74, 6) is -0.837. The molecule has 17 heavy (non-hydrogen) atoms. The summed E-state index contributed by atoms with van der Waals surface area (Å²) in [6.07, 6.45) is -3.10. The summed E-state index contributed by atoms with van der Waals surface area (Å²) in [4.78, 5) is 15.1.